The van der Waals surface area contributed by atoms with Crippen molar-refractivity contribution in [3.63, 3.8) is 0 Å². The van der Waals surface area contributed by atoms with Gasteiger partial charge in [-0.2, -0.15) is 0 Å². The summed E-state index contributed by atoms with van der Waals surface area (Å²) in [5, 5.41) is 3.83. The monoisotopic (exact) mass is 611 g/mol. The minimum absolute atomic E-state index is 0.0462. The van der Waals surface area contributed by atoms with Crippen LogP contribution in [0, 0.1) is 0 Å². The molecule has 1 unspecified atom stereocenters. The molecule has 0 aromatic heterocycles. The van der Waals surface area contributed by atoms with Crippen LogP contribution in [0.25, 0.3) is 0 Å². The Morgan fingerprint density at radius 2 is 1.56 bits per heavy atom. The molecule has 2 amide bonds. The molecule has 1 N–H and O–H groups in total. The van der Waals surface area contributed by atoms with Crippen molar-refractivity contribution in [1.82, 2.24) is 10.2 Å². The molecule has 208 valence electrons. The molecule has 3 aromatic rings. The van der Waals surface area contributed by atoms with E-state index in [9.17, 15) is 18.0 Å². The van der Waals surface area contributed by atoms with Crippen LogP contribution in [0.2, 0.25) is 15.1 Å². The number of anilines is 1. The van der Waals surface area contributed by atoms with E-state index >= 15 is 0 Å². The van der Waals surface area contributed by atoms with E-state index in [1.165, 1.54) is 66.6 Å². The van der Waals surface area contributed by atoms with Gasteiger partial charge >= 0.3 is 0 Å². The minimum atomic E-state index is -4.22. The Morgan fingerprint density at radius 3 is 2.13 bits per heavy atom. The molecule has 8 nitrogen and oxygen atoms in total. The van der Waals surface area contributed by atoms with Gasteiger partial charge in [0.25, 0.3) is 10.0 Å². The summed E-state index contributed by atoms with van der Waals surface area (Å²) in [7, 11) is -2.75. The second kappa shape index (κ2) is 13.4. The molecular weight excluding hydrogens is 585 g/mol. The molecule has 0 aliphatic rings. The maximum atomic E-state index is 13.8. The molecule has 0 fully saturated rings. The van der Waals surface area contributed by atoms with Crippen LogP contribution in [0.15, 0.2) is 71.6 Å². The number of sulfonamides is 1. The molecule has 0 saturated heterocycles. The Balaban J connectivity index is 2.04. The SMILES string of the molecule is CCNC(=O)C(C)N(Cc1ccc(Cl)cc1Cl)C(=O)CN(c1ccc(Cl)cc1)S(=O)(=O)c1ccc(OC)cc1. The van der Waals surface area contributed by atoms with Crippen molar-refractivity contribution in [2.45, 2.75) is 31.3 Å². The summed E-state index contributed by atoms with van der Waals surface area (Å²) >= 11 is 18.4. The van der Waals surface area contributed by atoms with E-state index in [4.69, 9.17) is 39.5 Å². The van der Waals surface area contributed by atoms with Gasteiger partial charge in [-0.1, -0.05) is 40.9 Å². The average Bonchev–Trinajstić information content (AvgIpc) is 2.91. The standard InChI is InChI=1S/C27H28Cl3N3O5S/c1-4-31-27(35)18(2)32(16-19-5-6-21(29)15-25(19)30)26(34)17-33(22-9-7-20(28)8-10-22)39(36,37)24-13-11-23(38-3)12-14-24/h5-15,18H,4,16-17H2,1-3H3,(H,31,35). The van der Waals surface area contributed by atoms with Crippen LogP contribution >= 0.6 is 34.8 Å². The van der Waals surface area contributed by atoms with Gasteiger partial charge in [-0.25, -0.2) is 8.42 Å². The molecule has 3 rings (SSSR count). The zero-order chi connectivity index (χ0) is 28.7. The second-order valence-corrected chi connectivity index (χ2v) is 11.6. The molecule has 0 saturated carbocycles. The molecule has 39 heavy (non-hydrogen) atoms. The smallest absolute Gasteiger partial charge is 0.264 e. The molecule has 0 bridgehead atoms. The fourth-order valence-electron chi connectivity index (χ4n) is 3.75. The number of amides is 2. The Kier molecular flexibility index (Phi) is 10.5. The van der Waals surface area contributed by atoms with Crippen molar-refractivity contribution in [3.8, 4) is 5.75 Å². The number of benzene rings is 3. The van der Waals surface area contributed by atoms with Crippen LogP contribution in [0.1, 0.15) is 19.4 Å². The summed E-state index contributed by atoms with van der Waals surface area (Å²) in [5.41, 5.74) is 0.764. The van der Waals surface area contributed by atoms with Crippen LogP contribution < -0.4 is 14.4 Å². The maximum absolute atomic E-state index is 13.8. The largest absolute Gasteiger partial charge is 0.497 e. The third-order valence-electron chi connectivity index (χ3n) is 5.92. The third kappa shape index (κ3) is 7.57. The Labute approximate surface area is 243 Å². The number of likely N-dealkylation sites (N-methyl/N-ethyl adjacent to an activating group) is 1. The molecule has 1 atom stereocenters. The molecule has 0 aliphatic heterocycles. The van der Waals surface area contributed by atoms with E-state index in [-0.39, 0.29) is 17.1 Å². The number of hydrogen-bond acceptors (Lipinski definition) is 5. The Hall–Kier alpha value is -2.98. The van der Waals surface area contributed by atoms with Crippen LogP contribution in [0.3, 0.4) is 0 Å². The van der Waals surface area contributed by atoms with E-state index in [1.54, 1.807) is 26.0 Å². The van der Waals surface area contributed by atoms with Crippen LogP contribution in [-0.2, 0) is 26.2 Å². The van der Waals surface area contributed by atoms with Gasteiger partial charge in [-0.05, 0) is 80.1 Å². The van der Waals surface area contributed by atoms with Gasteiger partial charge in [0.15, 0.2) is 0 Å². The first-order valence-electron chi connectivity index (χ1n) is 11.9. The number of hydrogen-bond donors (Lipinski definition) is 1. The predicted octanol–water partition coefficient (Wildman–Crippen LogP) is 5.40. The van der Waals surface area contributed by atoms with Gasteiger partial charge in [-0.3, -0.25) is 13.9 Å². The van der Waals surface area contributed by atoms with E-state index < -0.39 is 34.4 Å². The number of methoxy groups -OCH3 is 1. The first-order chi connectivity index (χ1) is 18.5. The van der Waals surface area contributed by atoms with Crippen LogP contribution in [0.4, 0.5) is 5.69 Å². The second-order valence-electron chi connectivity index (χ2n) is 8.49. The quantitative estimate of drug-likeness (QED) is 0.313. The lowest BCUT2D eigenvalue weighted by Crippen LogP contribution is -2.51. The van der Waals surface area contributed by atoms with E-state index in [2.05, 4.69) is 5.32 Å². The molecular formula is C27H28Cl3N3O5S. The van der Waals surface area contributed by atoms with Crippen LogP contribution in [0.5, 0.6) is 5.75 Å². The maximum Gasteiger partial charge on any atom is 0.264 e. The molecule has 0 radical (unpaired) electrons. The molecule has 3 aromatic carbocycles. The van der Waals surface area contributed by atoms with Gasteiger partial charge in [0.1, 0.15) is 18.3 Å². The first kappa shape index (κ1) is 30.6. The van der Waals surface area contributed by atoms with Gasteiger partial charge in [0, 0.05) is 28.2 Å². The van der Waals surface area contributed by atoms with Gasteiger partial charge in [0.2, 0.25) is 11.8 Å². The summed E-state index contributed by atoms with van der Waals surface area (Å²) < 4.78 is 33.7. The summed E-state index contributed by atoms with van der Waals surface area (Å²) in [6.45, 7) is 3.04. The zero-order valence-electron chi connectivity index (χ0n) is 21.5. The Morgan fingerprint density at radius 1 is 0.949 bits per heavy atom. The number of halogens is 3. The van der Waals surface area contributed by atoms with Gasteiger partial charge in [0.05, 0.1) is 17.7 Å². The normalized spacial score (nSPS) is 11.9. The predicted molar refractivity (Wildman–Crippen MR) is 154 cm³/mol. The van der Waals surface area contributed by atoms with Crippen molar-refractivity contribution >= 4 is 62.3 Å². The topological polar surface area (TPSA) is 96.0 Å². The van der Waals surface area contributed by atoms with Crippen molar-refractivity contribution in [2.24, 2.45) is 0 Å². The Bertz CT molecular complexity index is 1420. The zero-order valence-corrected chi connectivity index (χ0v) is 24.6. The highest BCUT2D eigenvalue weighted by molar-refractivity contribution is 7.92. The van der Waals surface area contributed by atoms with E-state index in [0.29, 0.717) is 32.9 Å². The van der Waals surface area contributed by atoms with Gasteiger partial charge in [-0.15, -0.1) is 0 Å². The van der Waals surface area contributed by atoms with Crippen molar-refractivity contribution in [2.75, 3.05) is 24.5 Å². The van der Waals surface area contributed by atoms with Crippen molar-refractivity contribution in [1.29, 1.82) is 0 Å². The third-order valence-corrected chi connectivity index (χ3v) is 8.54. The molecule has 0 heterocycles. The van der Waals surface area contributed by atoms with E-state index in [1.807, 2.05) is 0 Å². The van der Waals surface area contributed by atoms with Crippen molar-refractivity contribution in [3.05, 3.63) is 87.4 Å². The number of carbonyl (C=O) groups excluding carboxylic acids is 2. The highest BCUT2D eigenvalue weighted by atomic mass is 35.5. The van der Waals surface area contributed by atoms with Crippen LogP contribution in [-0.4, -0.2) is 51.4 Å². The number of nitrogens with zero attached hydrogens (tertiary/aromatic N) is 2. The fourth-order valence-corrected chi connectivity index (χ4v) is 5.76. The minimum Gasteiger partial charge on any atom is -0.497 e. The highest BCUT2D eigenvalue weighted by Gasteiger charge is 2.32. The number of nitrogens with one attached hydrogen (secondary N) is 1. The molecule has 0 spiro atoms. The lowest BCUT2D eigenvalue weighted by atomic mass is 10.1. The fraction of sp³-hybridized carbons (Fsp3) is 0.259. The summed E-state index contributed by atoms with van der Waals surface area (Å²) in [6, 6.07) is 15.8. The lowest BCUT2D eigenvalue weighted by Gasteiger charge is -2.32. The lowest BCUT2D eigenvalue weighted by molar-refractivity contribution is -0.139. The molecule has 12 heteroatoms. The number of rotatable bonds is 11. The molecule has 0 aliphatic carbocycles. The number of ether oxygens (including phenoxy) is 1. The van der Waals surface area contributed by atoms with Crippen molar-refractivity contribution < 1.29 is 22.7 Å². The summed E-state index contributed by atoms with van der Waals surface area (Å²) in [4.78, 5) is 27.8. The number of carbonyl (C=O) groups is 2. The van der Waals surface area contributed by atoms with E-state index in [0.717, 1.165) is 4.31 Å². The average molecular weight is 613 g/mol. The first-order valence-corrected chi connectivity index (χ1v) is 14.5. The highest BCUT2D eigenvalue weighted by Crippen LogP contribution is 2.28. The summed E-state index contributed by atoms with van der Waals surface area (Å²) in [6.07, 6.45) is 0. The van der Waals surface area contributed by atoms with Gasteiger partial charge < -0.3 is 15.0 Å². The summed E-state index contributed by atoms with van der Waals surface area (Å²) in [5.74, 6) is -0.538.